The first kappa shape index (κ1) is 15.3. The van der Waals surface area contributed by atoms with Gasteiger partial charge in [-0.05, 0) is 37.3 Å². The third-order valence-corrected chi connectivity index (χ3v) is 4.58. The first-order chi connectivity index (χ1) is 10.7. The quantitative estimate of drug-likeness (QED) is 0.691. The molecule has 0 saturated carbocycles. The van der Waals surface area contributed by atoms with Crippen molar-refractivity contribution in [2.24, 2.45) is 9.98 Å². The fourth-order valence-electron chi connectivity index (χ4n) is 2.15. The first-order valence-electron chi connectivity index (χ1n) is 6.98. The number of aryl methyl sites for hydroxylation is 1. The highest BCUT2D eigenvalue weighted by molar-refractivity contribution is 7.99. The first-order valence-corrected chi connectivity index (χ1v) is 8.41. The average Bonchev–Trinajstić information content (AvgIpc) is 3.05. The second-order valence-corrected chi connectivity index (χ2v) is 6.54. The molecule has 5 heteroatoms. The molecule has 1 unspecified atom stereocenters. The van der Waals surface area contributed by atoms with Crippen LogP contribution in [0.5, 0.6) is 0 Å². The van der Waals surface area contributed by atoms with Crippen molar-refractivity contribution in [2.45, 2.75) is 12.4 Å². The Bertz CT molecular complexity index is 718. The summed E-state index contributed by atoms with van der Waals surface area (Å²) in [5.74, 6) is 1.01. The van der Waals surface area contributed by atoms with Crippen molar-refractivity contribution in [1.29, 1.82) is 0 Å². The maximum absolute atomic E-state index is 5.85. The van der Waals surface area contributed by atoms with Gasteiger partial charge >= 0.3 is 0 Å². The third-order valence-electron chi connectivity index (χ3n) is 3.23. The summed E-state index contributed by atoms with van der Waals surface area (Å²) in [4.78, 5) is 8.58. The highest BCUT2D eigenvalue weighted by Gasteiger charge is 2.21. The fraction of sp³-hybridized carbons (Fsp3) is 0.235. The van der Waals surface area contributed by atoms with E-state index in [9.17, 15) is 0 Å². The van der Waals surface area contributed by atoms with E-state index in [1.54, 1.807) is 23.9 Å². The molecular weight excluding hydrogens is 316 g/mol. The van der Waals surface area contributed by atoms with Gasteiger partial charge in [-0.15, -0.1) is 11.8 Å². The number of hydrogen-bond acceptors (Lipinski definition) is 4. The molecule has 1 aliphatic heterocycles. The van der Waals surface area contributed by atoms with E-state index in [1.807, 2.05) is 24.3 Å². The van der Waals surface area contributed by atoms with Gasteiger partial charge in [-0.1, -0.05) is 29.3 Å². The van der Waals surface area contributed by atoms with E-state index < -0.39 is 0 Å². The Morgan fingerprint density at radius 1 is 1.18 bits per heavy atom. The molecule has 0 bridgehead atoms. The molecule has 1 fully saturated rings. The Balaban J connectivity index is 1.87. The van der Waals surface area contributed by atoms with Crippen LogP contribution in [0.1, 0.15) is 16.6 Å². The van der Waals surface area contributed by atoms with Gasteiger partial charge in [0.25, 0.3) is 0 Å². The van der Waals surface area contributed by atoms with Gasteiger partial charge in [0, 0.05) is 16.3 Å². The summed E-state index contributed by atoms with van der Waals surface area (Å²) in [5.41, 5.74) is 3.95. The average molecular weight is 331 g/mol. The molecular formula is C17H15ClN2OS. The molecule has 0 amide bonds. The van der Waals surface area contributed by atoms with E-state index in [4.69, 9.17) is 16.3 Å². The zero-order valence-electron chi connectivity index (χ0n) is 12.1. The van der Waals surface area contributed by atoms with E-state index in [-0.39, 0.29) is 5.44 Å². The topological polar surface area (TPSA) is 34.0 Å². The highest BCUT2D eigenvalue weighted by atomic mass is 35.5. The summed E-state index contributed by atoms with van der Waals surface area (Å²) in [6.45, 7) is 2.85. The SMILES string of the molecule is Cc1ccc(N=C=Nc2ccc(Cl)cc2)c(C2OCCS2)c1. The lowest BCUT2D eigenvalue weighted by molar-refractivity contribution is 0.145. The maximum Gasteiger partial charge on any atom is 0.130 e. The van der Waals surface area contributed by atoms with Crippen LogP contribution in [0.25, 0.3) is 0 Å². The molecule has 0 aromatic heterocycles. The molecule has 0 aliphatic carbocycles. The number of thioether (sulfide) groups is 1. The zero-order valence-corrected chi connectivity index (χ0v) is 13.7. The molecule has 112 valence electrons. The van der Waals surface area contributed by atoms with Crippen molar-refractivity contribution in [3.63, 3.8) is 0 Å². The summed E-state index contributed by atoms with van der Waals surface area (Å²) >= 11 is 7.64. The van der Waals surface area contributed by atoms with Crippen LogP contribution >= 0.6 is 23.4 Å². The summed E-state index contributed by atoms with van der Waals surface area (Å²) in [6.07, 6.45) is 0. The van der Waals surface area contributed by atoms with E-state index in [2.05, 4.69) is 29.0 Å². The lowest BCUT2D eigenvalue weighted by Gasteiger charge is -2.11. The normalized spacial score (nSPS) is 17.1. The molecule has 0 spiro atoms. The third kappa shape index (κ3) is 3.79. The van der Waals surface area contributed by atoms with Gasteiger partial charge in [-0.25, -0.2) is 0 Å². The predicted octanol–water partition coefficient (Wildman–Crippen LogP) is 5.55. The Morgan fingerprint density at radius 3 is 2.73 bits per heavy atom. The number of rotatable bonds is 3. The summed E-state index contributed by atoms with van der Waals surface area (Å²) in [6, 6.07) is 16.1. The van der Waals surface area contributed by atoms with Gasteiger partial charge in [-0.3, -0.25) is 0 Å². The van der Waals surface area contributed by atoms with Crippen LogP contribution in [0.3, 0.4) is 0 Å². The Labute approximate surface area is 139 Å². The van der Waals surface area contributed by atoms with Crippen molar-refractivity contribution in [3.05, 3.63) is 58.6 Å². The van der Waals surface area contributed by atoms with Gasteiger partial charge in [0.15, 0.2) is 0 Å². The molecule has 1 heterocycles. The minimum absolute atomic E-state index is 0.0518. The Kier molecular flexibility index (Phi) is 4.96. The predicted molar refractivity (Wildman–Crippen MR) is 93.0 cm³/mol. The van der Waals surface area contributed by atoms with Crippen LogP contribution < -0.4 is 0 Å². The largest absolute Gasteiger partial charge is 0.362 e. The van der Waals surface area contributed by atoms with E-state index in [0.29, 0.717) is 5.02 Å². The lowest BCUT2D eigenvalue weighted by atomic mass is 10.1. The number of ether oxygens (including phenoxy) is 1. The van der Waals surface area contributed by atoms with E-state index in [0.717, 1.165) is 29.3 Å². The van der Waals surface area contributed by atoms with Gasteiger partial charge in [0.2, 0.25) is 0 Å². The van der Waals surface area contributed by atoms with Crippen molar-refractivity contribution in [1.82, 2.24) is 0 Å². The summed E-state index contributed by atoms with van der Waals surface area (Å²) in [5, 5.41) is 0.687. The molecule has 3 nitrogen and oxygen atoms in total. The molecule has 1 atom stereocenters. The van der Waals surface area contributed by atoms with Crippen LogP contribution in [-0.4, -0.2) is 18.4 Å². The van der Waals surface area contributed by atoms with Gasteiger partial charge < -0.3 is 4.74 Å². The summed E-state index contributed by atoms with van der Waals surface area (Å²) in [7, 11) is 0. The molecule has 2 aromatic carbocycles. The van der Waals surface area contributed by atoms with Gasteiger partial charge in [0.1, 0.15) is 11.4 Å². The standard InChI is InChI=1S/C17H15ClN2OS/c1-12-2-7-16(15(10-12)17-21-8-9-22-17)20-11-19-14-5-3-13(18)4-6-14/h2-7,10,17H,8-9H2,1H3. The smallest absolute Gasteiger partial charge is 0.130 e. The van der Waals surface area contributed by atoms with Crippen LogP contribution in [-0.2, 0) is 4.74 Å². The summed E-state index contributed by atoms with van der Waals surface area (Å²) < 4.78 is 5.74. The maximum atomic E-state index is 5.85. The number of hydrogen-bond donors (Lipinski definition) is 0. The van der Waals surface area contributed by atoms with E-state index in [1.165, 1.54) is 5.56 Å². The van der Waals surface area contributed by atoms with Crippen molar-refractivity contribution in [3.8, 4) is 0 Å². The fourth-order valence-corrected chi connectivity index (χ4v) is 3.25. The molecule has 2 aromatic rings. The molecule has 1 aliphatic rings. The van der Waals surface area contributed by atoms with Crippen LogP contribution in [0.2, 0.25) is 5.02 Å². The van der Waals surface area contributed by atoms with Crippen molar-refractivity contribution >= 4 is 40.7 Å². The monoisotopic (exact) mass is 330 g/mol. The molecule has 22 heavy (non-hydrogen) atoms. The van der Waals surface area contributed by atoms with Crippen LogP contribution in [0.4, 0.5) is 11.4 Å². The van der Waals surface area contributed by atoms with Gasteiger partial charge in [-0.2, -0.15) is 9.98 Å². The Morgan fingerprint density at radius 2 is 2.00 bits per heavy atom. The minimum atomic E-state index is 0.0518. The molecule has 0 radical (unpaired) electrons. The number of benzene rings is 2. The van der Waals surface area contributed by atoms with E-state index >= 15 is 0 Å². The lowest BCUT2D eigenvalue weighted by Crippen LogP contribution is -1.94. The minimum Gasteiger partial charge on any atom is -0.362 e. The zero-order chi connectivity index (χ0) is 15.4. The van der Waals surface area contributed by atoms with Gasteiger partial charge in [0.05, 0.1) is 18.0 Å². The highest BCUT2D eigenvalue weighted by Crippen LogP contribution is 2.39. The molecule has 0 N–H and O–H groups in total. The second-order valence-electron chi connectivity index (χ2n) is 4.94. The van der Waals surface area contributed by atoms with Crippen molar-refractivity contribution in [2.75, 3.05) is 12.4 Å². The van der Waals surface area contributed by atoms with Crippen LogP contribution in [0.15, 0.2) is 52.4 Å². The van der Waals surface area contributed by atoms with Crippen molar-refractivity contribution < 1.29 is 4.74 Å². The number of aliphatic imine (C=N–C) groups is 2. The molecule has 3 rings (SSSR count). The molecule has 1 saturated heterocycles. The van der Waals surface area contributed by atoms with Crippen LogP contribution in [0, 0.1) is 6.92 Å². The number of nitrogens with zero attached hydrogens (tertiary/aromatic N) is 2. The second kappa shape index (κ2) is 7.12. The number of halogens is 1. The Hall–Kier alpha value is -1.58.